The van der Waals surface area contributed by atoms with E-state index in [1.165, 1.54) is 56.4 Å². The Morgan fingerprint density at radius 2 is 2.05 bits per heavy atom. The zero-order valence-corrected chi connectivity index (χ0v) is 12.5. The molecule has 0 radical (unpaired) electrons. The summed E-state index contributed by atoms with van der Waals surface area (Å²) >= 11 is 6.07. The van der Waals surface area contributed by atoms with Crippen molar-refractivity contribution in [2.24, 2.45) is 11.8 Å². The molecule has 2 aliphatic rings. The van der Waals surface area contributed by atoms with Crippen molar-refractivity contribution in [1.82, 2.24) is 4.98 Å². The molecule has 0 bridgehead atoms. The van der Waals surface area contributed by atoms with Crippen LogP contribution in [0.5, 0.6) is 0 Å². The van der Waals surface area contributed by atoms with Crippen LogP contribution in [0.4, 0.5) is 5.69 Å². The molecule has 2 nitrogen and oxygen atoms in total. The van der Waals surface area contributed by atoms with Crippen molar-refractivity contribution in [3.8, 4) is 0 Å². The second kappa shape index (κ2) is 5.70. The number of anilines is 1. The van der Waals surface area contributed by atoms with E-state index >= 15 is 0 Å². The lowest BCUT2D eigenvalue weighted by atomic mass is 9.75. The van der Waals surface area contributed by atoms with Crippen LogP contribution in [0.1, 0.15) is 43.4 Å². The molecule has 1 aliphatic heterocycles. The van der Waals surface area contributed by atoms with Gasteiger partial charge in [-0.25, -0.2) is 0 Å². The van der Waals surface area contributed by atoms with Crippen LogP contribution in [0.15, 0.2) is 12.3 Å². The Balaban J connectivity index is 1.80. The highest BCUT2D eigenvalue weighted by molar-refractivity contribution is 6.17. The Labute approximate surface area is 121 Å². The Bertz CT molecular complexity index is 446. The van der Waals surface area contributed by atoms with Crippen LogP contribution in [0, 0.1) is 18.8 Å². The normalized spacial score (nSPS) is 27.2. The SMILES string of the molecule is Cc1cc(N2CCC3CCCCC3C2)c(CCl)cn1. The second-order valence-electron chi connectivity index (χ2n) is 6.13. The molecular formula is C16H23ClN2. The number of aromatic nitrogens is 1. The number of aryl methyl sites for hydroxylation is 1. The number of hydrogen-bond donors (Lipinski definition) is 0. The predicted octanol–water partition coefficient (Wildman–Crippen LogP) is 4.15. The molecule has 2 fully saturated rings. The molecule has 0 spiro atoms. The van der Waals surface area contributed by atoms with Crippen molar-refractivity contribution in [2.75, 3.05) is 18.0 Å². The zero-order chi connectivity index (χ0) is 13.2. The molecule has 3 heteroatoms. The number of pyridine rings is 1. The number of nitrogens with zero attached hydrogens (tertiary/aromatic N) is 2. The number of piperidine rings is 1. The van der Waals surface area contributed by atoms with Gasteiger partial charge < -0.3 is 4.90 Å². The summed E-state index contributed by atoms with van der Waals surface area (Å²) in [6.45, 7) is 4.47. The summed E-state index contributed by atoms with van der Waals surface area (Å²) < 4.78 is 0. The lowest BCUT2D eigenvalue weighted by Gasteiger charge is -2.42. The minimum Gasteiger partial charge on any atom is -0.371 e. The highest BCUT2D eigenvalue weighted by Crippen LogP contribution is 2.38. The fourth-order valence-corrected chi connectivity index (χ4v) is 4.00. The molecule has 2 heterocycles. The first-order chi connectivity index (χ1) is 9.28. The van der Waals surface area contributed by atoms with Crippen molar-refractivity contribution in [1.29, 1.82) is 0 Å². The molecule has 1 saturated carbocycles. The van der Waals surface area contributed by atoms with Gasteiger partial charge in [-0.1, -0.05) is 19.3 Å². The topological polar surface area (TPSA) is 16.1 Å². The van der Waals surface area contributed by atoms with Gasteiger partial charge in [0.25, 0.3) is 0 Å². The number of hydrogen-bond acceptors (Lipinski definition) is 2. The Morgan fingerprint density at radius 3 is 2.84 bits per heavy atom. The van der Waals surface area contributed by atoms with Gasteiger partial charge in [0.1, 0.15) is 0 Å². The van der Waals surface area contributed by atoms with Crippen LogP contribution >= 0.6 is 11.6 Å². The summed E-state index contributed by atoms with van der Waals surface area (Å²) in [5, 5.41) is 0. The summed E-state index contributed by atoms with van der Waals surface area (Å²) in [7, 11) is 0. The molecular weight excluding hydrogens is 256 g/mol. The number of fused-ring (bicyclic) bond motifs is 1. The van der Waals surface area contributed by atoms with Gasteiger partial charge in [-0.15, -0.1) is 11.6 Å². The maximum Gasteiger partial charge on any atom is 0.0509 e. The maximum atomic E-state index is 6.07. The first kappa shape index (κ1) is 13.2. The quantitative estimate of drug-likeness (QED) is 0.756. The molecule has 19 heavy (non-hydrogen) atoms. The number of alkyl halides is 1. The van der Waals surface area contributed by atoms with Crippen molar-refractivity contribution >= 4 is 17.3 Å². The van der Waals surface area contributed by atoms with E-state index < -0.39 is 0 Å². The van der Waals surface area contributed by atoms with Crippen LogP contribution in [0.25, 0.3) is 0 Å². The van der Waals surface area contributed by atoms with Gasteiger partial charge in [-0.2, -0.15) is 0 Å². The highest BCUT2D eigenvalue weighted by atomic mass is 35.5. The van der Waals surface area contributed by atoms with Gasteiger partial charge >= 0.3 is 0 Å². The van der Waals surface area contributed by atoms with Gasteiger partial charge in [0.05, 0.1) is 5.88 Å². The molecule has 1 saturated heterocycles. The lowest BCUT2D eigenvalue weighted by molar-refractivity contribution is 0.202. The van der Waals surface area contributed by atoms with Gasteiger partial charge in [0.15, 0.2) is 0 Å². The van der Waals surface area contributed by atoms with Crippen LogP contribution in [-0.2, 0) is 5.88 Å². The lowest BCUT2D eigenvalue weighted by Crippen LogP contribution is -2.42. The summed E-state index contributed by atoms with van der Waals surface area (Å²) in [5.74, 6) is 2.44. The standard InChI is InChI=1S/C16H23ClN2/c1-12-8-16(15(9-17)10-18-12)19-7-6-13-4-2-3-5-14(13)11-19/h8,10,13-14H,2-7,9,11H2,1H3. The fraction of sp³-hybridized carbons (Fsp3) is 0.688. The Hall–Kier alpha value is -0.760. The van der Waals surface area contributed by atoms with Gasteiger partial charge in [-0.3, -0.25) is 4.98 Å². The summed E-state index contributed by atoms with van der Waals surface area (Å²) in [6.07, 6.45) is 9.05. The van der Waals surface area contributed by atoms with Crippen molar-refractivity contribution in [3.63, 3.8) is 0 Å². The molecule has 3 rings (SSSR count). The van der Waals surface area contributed by atoms with Gasteiger partial charge in [0.2, 0.25) is 0 Å². The fourth-order valence-electron chi connectivity index (χ4n) is 3.79. The van der Waals surface area contributed by atoms with Crippen LogP contribution in [0.2, 0.25) is 0 Å². The predicted molar refractivity (Wildman–Crippen MR) is 80.8 cm³/mol. The Morgan fingerprint density at radius 1 is 1.26 bits per heavy atom. The first-order valence-electron chi connectivity index (χ1n) is 7.54. The second-order valence-corrected chi connectivity index (χ2v) is 6.39. The molecule has 1 aliphatic carbocycles. The van der Waals surface area contributed by atoms with Crippen molar-refractivity contribution in [2.45, 2.75) is 44.9 Å². The van der Waals surface area contributed by atoms with Crippen LogP contribution < -0.4 is 4.90 Å². The maximum absolute atomic E-state index is 6.07. The third-order valence-corrected chi connectivity index (χ3v) is 5.16. The van der Waals surface area contributed by atoms with E-state index in [0.29, 0.717) is 5.88 Å². The molecule has 0 N–H and O–H groups in total. The van der Waals surface area contributed by atoms with Crippen molar-refractivity contribution < 1.29 is 0 Å². The van der Waals surface area contributed by atoms with E-state index in [0.717, 1.165) is 17.5 Å². The average molecular weight is 279 g/mol. The highest BCUT2D eigenvalue weighted by Gasteiger charge is 2.31. The minimum absolute atomic E-state index is 0.563. The minimum atomic E-state index is 0.563. The van der Waals surface area contributed by atoms with E-state index in [4.69, 9.17) is 11.6 Å². The van der Waals surface area contributed by atoms with E-state index in [1.807, 2.05) is 6.20 Å². The molecule has 104 valence electrons. The average Bonchev–Trinajstić information content (AvgIpc) is 2.46. The van der Waals surface area contributed by atoms with Crippen molar-refractivity contribution in [3.05, 3.63) is 23.5 Å². The van der Waals surface area contributed by atoms with Gasteiger partial charge in [-0.05, 0) is 37.7 Å². The molecule has 1 aromatic heterocycles. The van der Waals surface area contributed by atoms with E-state index in [2.05, 4.69) is 22.9 Å². The smallest absolute Gasteiger partial charge is 0.0509 e. The number of halogens is 1. The molecule has 0 amide bonds. The summed E-state index contributed by atoms with van der Waals surface area (Å²) in [4.78, 5) is 6.93. The van der Waals surface area contributed by atoms with E-state index in [1.54, 1.807) is 0 Å². The third kappa shape index (κ3) is 2.74. The Kier molecular flexibility index (Phi) is 3.97. The largest absolute Gasteiger partial charge is 0.371 e. The molecule has 0 aromatic carbocycles. The van der Waals surface area contributed by atoms with Crippen LogP contribution in [-0.4, -0.2) is 18.1 Å². The monoisotopic (exact) mass is 278 g/mol. The number of rotatable bonds is 2. The molecule has 2 unspecified atom stereocenters. The van der Waals surface area contributed by atoms with E-state index in [-0.39, 0.29) is 0 Å². The third-order valence-electron chi connectivity index (χ3n) is 4.87. The van der Waals surface area contributed by atoms with Gasteiger partial charge in [0, 0.05) is 36.2 Å². The zero-order valence-electron chi connectivity index (χ0n) is 11.7. The molecule has 2 atom stereocenters. The summed E-state index contributed by atoms with van der Waals surface area (Å²) in [6, 6.07) is 2.21. The van der Waals surface area contributed by atoms with E-state index in [9.17, 15) is 0 Å². The van der Waals surface area contributed by atoms with Crippen LogP contribution in [0.3, 0.4) is 0 Å². The molecule has 1 aromatic rings. The summed E-state index contributed by atoms with van der Waals surface area (Å²) in [5.41, 5.74) is 3.60. The first-order valence-corrected chi connectivity index (χ1v) is 8.08.